The van der Waals surface area contributed by atoms with Gasteiger partial charge in [-0.25, -0.2) is 14.4 Å². The van der Waals surface area contributed by atoms with Crippen molar-refractivity contribution in [3.8, 4) is 5.75 Å². The van der Waals surface area contributed by atoms with Gasteiger partial charge in [-0.15, -0.1) is 0 Å². The summed E-state index contributed by atoms with van der Waals surface area (Å²) in [6.07, 6.45) is 5.94. The maximum absolute atomic E-state index is 13.5. The van der Waals surface area contributed by atoms with Crippen molar-refractivity contribution in [3.63, 3.8) is 0 Å². The van der Waals surface area contributed by atoms with Crippen LogP contribution in [-0.2, 0) is 6.54 Å². The summed E-state index contributed by atoms with van der Waals surface area (Å²) in [6, 6.07) is 4.92. The molecule has 0 bridgehead atoms. The van der Waals surface area contributed by atoms with E-state index in [1.807, 2.05) is 6.07 Å². The van der Waals surface area contributed by atoms with Crippen molar-refractivity contribution < 1.29 is 9.13 Å². The van der Waals surface area contributed by atoms with E-state index in [0.29, 0.717) is 12.5 Å². The highest BCUT2D eigenvalue weighted by Crippen LogP contribution is 2.37. The fraction of sp³-hybridized carbons (Fsp3) is 0.333. The third-order valence-electron chi connectivity index (χ3n) is 3.33. The van der Waals surface area contributed by atoms with E-state index in [2.05, 4.69) is 15.3 Å². The Morgan fingerprint density at radius 1 is 1.30 bits per heavy atom. The molecule has 0 radical (unpaired) electrons. The van der Waals surface area contributed by atoms with Crippen LogP contribution in [0.5, 0.6) is 5.75 Å². The second-order valence-electron chi connectivity index (χ2n) is 4.93. The molecule has 4 nitrogen and oxygen atoms in total. The van der Waals surface area contributed by atoms with Gasteiger partial charge in [-0.05, 0) is 30.5 Å². The quantitative estimate of drug-likeness (QED) is 0.909. The second kappa shape index (κ2) is 5.45. The first-order valence-electron chi connectivity index (χ1n) is 6.64. The number of anilines is 1. The lowest BCUT2D eigenvalue weighted by molar-refractivity contribution is 0.386. The average molecular weight is 273 g/mol. The number of methoxy groups -OCH3 is 1. The van der Waals surface area contributed by atoms with Gasteiger partial charge in [0.15, 0.2) is 11.6 Å². The number of hydrogen-bond acceptors (Lipinski definition) is 4. The number of hydrogen-bond donors (Lipinski definition) is 1. The van der Waals surface area contributed by atoms with E-state index in [4.69, 9.17) is 4.74 Å². The number of ether oxygens (including phenoxy) is 1. The van der Waals surface area contributed by atoms with Crippen molar-refractivity contribution in [2.75, 3.05) is 12.4 Å². The molecule has 20 heavy (non-hydrogen) atoms. The van der Waals surface area contributed by atoms with E-state index in [0.717, 1.165) is 17.1 Å². The summed E-state index contributed by atoms with van der Waals surface area (Å²) in [5.74, 6) is 1.38. The molecule has 0 unspecified atom stereocenters. The minimum absolute atomic E-state index is 0.255. The largest absolute Gasteiger partial charge is 0.494 e. The molecule has 1 fully saturated rings. The standard InChI is InChI=1S/C15H16FN3O/c1-20-14-5-2-10(6-13(14)16)7-17-12-8-18-15(19-9-12)11-3-4-11/h2,5-6,8-9,11,17H,3-4,7H2,1H3. The number of rotatable bonds is 5. The lowest BCUT2D eigenvalue weighted by Gasteiger charge is -2.08. The minimum atomic E-state index is -0.355. The summed E-state index contributed by atoms with van der Waals surface area (Å²) in [5.41, 5.74) is 1.68. The van der Waals surface area contributed by atoms with Crippen LogP contribution < -0.4 is 10.1 Å². The monoisotopic (exact) mass is 273 g/mol. The molecule has 1 aliphatic carbocycles. The normalized spacial score (nSPS) is 14.1. The highest BCUT2D eigenvalue weighted by molar-refractivity contribution is 5.40. The summed E-state index contributed by atoms with van der Waals surface area (Å²) in [4.78, 5) is 8.66. The van der Waals surface area contributed by atoms with Gasteiger partial charge in [-0.2, -0.15) is 0 Å². The third kappa shape index (κ3) is 2.87. The van der Waals surface area contributed by atoms with Gasteiger partial charge in [0, 0.05) is 12.5 Å². The van der Waals surface area contributed by atoms with Crippen LogP contribution in [0.15, 0.2) is 30.6 Å². The molecule has 1 heterocycles. The molecule has 1 aromatic carbocycles. The van der Waals surface area contributed by atoms with Crippen LogP contribution in [0.1, 0.15) is 30.1 Å². The predicted octanol–water partition coefficient (Wildman–Crippen LogP) is 3.11. The molecule has 1 aromatic heterocycles. The smallest absolute Gasteiger partial charge is 0.165 e. The number of aromatic nitrogens is 2. The van der Waals surface area contributed by atoms with Crippen LogP contribution >= 0.6 is 0 Å². The first kappa shape index (κ1) is 12.8. The van der Waals surface area contributed by atoms with E-state index in [1.54, 1.807) is 18.5 Å². The predicted molar refractivity (Wildman–Crippen MR) is 74.3 cm³/mol. The average Bonchev–Trinajstić information content (AvgIpc) is 3.30. The molecule has 1 N–H and O–H groups in total. The van der Waals surface area contributed by atoms with Gasteiger partial charge in [0.25, 0.3) is 0 Å². The molecular formula is C15H16FN3O. The summed E-state index contributed by atoms with van der Waals surface area (Å²) in [7, 11) is 1.45. The van der Waals surface area contributed by atoms with E-state index >= 15 is 0 Å². The Morgan fingerprint density at radius 3 is 2.65 bits per heavy atom. The van der Waals surface area contributed by atoms with E-state index in [-0.39, 0.29) is 11.6 Å². The highest BCUT2D eigenvalue weighted by atomic mass is 19.1. The van der Waals surface area contributed by atoms with Gasteiger partial charge in [-0.1, -0.05) is 6.07 Å². The van der Waals surface area contributed by atoms with Gasteiger partial charge in [0.05, 0.1) is 25.2 Å². The third-order valence-corrected chi connectivity index (χ3v) is 3.33. The van der Waals surface area contributed by atoms with Crippen molar-refractivity contribution in [2.45, 2.75) is 25.3 Å². The summed E-state index contributed by atoms with van der Waals surface area (Å²) in [5, 5.41) is 3.18. The van der Waals surface area contributed by atoms with Gasteiger partial charge >= 0.3 is 0 Å². The first-order valence-corrected chi connectivity index (χ1v) is 6.64. The fourth-order valence-corrected chi connectivity index (χ4v) is 2.01. The molecule has 0 amide bonds. The number of benzene rings is 1. The number of nitrogens with zero attached hydrogens (tertiary/aromatic N) is 2. The molecule has 2 aromatic rings. The van der Waals surface area contributed by atoms with Gasteiger partial charge in [0.1, 0.15) is 5.82 Å². The Balaban J connectivity index is 1.62. The molecule has 0 spiro atoms. The summed E-state index contributed by atoms with van der Waals surface area (Å²) < 4.78 is 18.4. The van der Waals surface area contributed by atoms with Crippen LogP contribution in [0.25, 0.3) is 0 Å². The molecule has 0 aliphatic heterocycles. The van der Waals surface area contributed by atoms with Crippen LogP contribution in [0.4, 0.5) is 10.1 Å². The van der Waals surface area contributed by atoms with Gasteiger partial charge < -0.3 is 10.1 Å². The molecule has 1 aliphatic rings. The first-order chi connectivity index (χ1) is 9.76. The van der Waals surface area contributed by atoms with E-state index in [1.165, 1.54) is 26.0 Å². The zero-order chi connectivity index (χ0) is 13.9. The van der Waals surface area contributed by atoms with Crippen molar-refractivity contribution in [3.05, 3.63) is 47.8 Å². The molecular weight excluding hydrogens is 257 g/mol. The highest BCUT2D eigenvalue weighted by Gasteiger charge is 2.26. The summed E-state index contributed by atoms with van der Waals surface area (Å²) in [6.45, 7) is 0.521. The van der Waals surface area contributed by atoms with Crippen LogP contribution in [0.3, 0.4) is 0 Å². The topological polar surface area (TPSA) is 47.0 Å². The Kier molecular flexibility index (Phi) is 3.50. The second-order valence-corrected chi connectivity index (χ2v) is 4.93. The van der Waals surface area contributed by atoms with Crippen LogP contribution in [0.2, 0.25) is 0 Å². The SMILES string of the molecule is COc1ccc(CNc2cnc(C3CC3)nc2)cc1F. The zero-order valence-corrected chi connectivity index (χ0v) is 11.3. The van der Waals surface area contributed by atoms with Crippen LogP contribution in [-0.4, -0.2) is 17.1 Å². The minimum Gasteiger partial charge on any atom is -0.494 e. The van der Waals surface area contributed by atoms with Crippen molar-refractivity contribution in [1.29, 1.82) is 0 Å². The Morgan fingerprint density at radius 2 is 2.05 bits per heavy atom. The maximum atomic E-state index is 13.5. The van der Waals surface area contributed by atoms with Crippen molar-refractivity contribution >= 4 is 5.69 Å². The Labute approximate surface area is 117 Å². The summed E-state index contributed by atoms with van der Waals surface area (Å²) >= 11 is 0. The Bertz CT molecular complexity index is 597. The van der Waals surface area contributed by atoms with Crippen LogP contribution in [0, 0.1) is 5.82 Å². The molecule has 104 valence electrons. The van der Waals surface area contributed by atoms with Crippen molar-refractivity contribution in [1.82, 2.24) is 9.97 Å². The van der Waals surface area contributed by atoms with Crippen molar-refractivity contribution in [2.24, 2.45) is 0 Å². The van der Waals surface area contributed by atoms with Gasteiger partial charge in [-0.3, -0.25) is 0 Å². The number of nitrogens with one attached hydrogen (secondary N) is 1. The maximum Gasteiger partial charge on any atom is 0.165 e. The fourth-order valence-electron chi connectivity index (χ4n) is 2.01. The lowest BCUT2D eigenvalue weighted by atomic mass is 10.2. The van der Waals surface area contributed by atoms with E-state index < -0.39 is 0 Å². The molecule has 0 atom stereocenters. The molecule has 5 heteroatoms. The number of halogens is 1. The zero-order valence-electron chi connectivity index (χ0n) is 11.3. The van der Waals surface area contributed by atoms with Gasteiger partial charge in [0.2, 0.25) is 0 Å². The van der Waals surface area contributed by atoms with E-state index in [9.17, 15) is 4.39 Å². The molecule has 3 rings (SSSR count). The Hall–Kier alpha value is -2.17. The lowest BCUT2D eigenvalue weighted by Crippen LogP contribution is -2.02. The molecule has 1 saturated carbocycles. The molecule has 0 saturated heterocycles.